The maximum absolute atomic E-state index is 11.9. The molecule has 1 rings (SSSR count). The van der Waals surface area contributed by atoms with E-state index in [0.717, 1.165) is 13.0 Å². The predicted octanol–water partition coefficient (Wildman–Crippen LogP) is 1.06. The molecule has 1 unspecified atom stereocenters. The summed E-state index contributed by atoms with van der Waals surface area (Å²) in [5.74, 6) is 0.0240. The van der Waals surface area contributed by atoms with Crippen molar-refractivity contribution < 1.29 is 4.79 Å². The van der Waals surface area contributed by atoms with Crippen LogP contribution in [0, 0.1) is 0 Å². The molecule has 1 aliphatic rings. The van der Waals surface area contributed by atoms with Gasteiger partial charge in [0.2, 0.25) is 5.91 Å². The van der Waals surface area contributed by atoms with Crippen molar-refractivity contribution in [1.29, 1.82) is 0 Å². The molecule has 1 heterocycles. The Labute approximate surface area is 105 Å². The van der Waals surface area contributed by atoms with Gasteiger partial charge in [0.15, 0.2) is 0 Å². The number of piperidine rings is 1. The van der Waals surface area contributed by atoms with E-state index in [1.54, 1.807) is 18.7 Å². The lowest BCUT2D eigenvalue weighted by Gasteiger charge is -2.34. The Balaban J connectivity index is 2.37. The summed E-state index contributed by atoms with van der Waals surface area (Å²) in [6.45, 7) is 5.51. The van der Waals surface area contributed by atoms with Crippen molar-refractivity contribution in [3.63, 3.8) is 0 Å². The zero-order valence-corrected chi connectivity index (χ0v) is 11.7. The summed E-state index contributed by atoms with van der Waals surface area (Å²) >= 11 is 0. The first-order valence-electron chi connectivity index (χ1n) is 6.57. The van der Waals surface area contributed by atoms with Crippen molar-refractivity contribution in [2.24, 2.45) is 5.73 Å². The standard InChI is InChI=1S/C13H27N3O/c1-13(2,14)12(17)16(4)10-8-11-7-5-6-9-15(11)3/h11H,5-10,14H2,1-4H3. The Morgan fingerprint density at radius 3 is 2.65 bits per heavy atom. The summed E-state index contributed by atoms with van der Waals surface area (Å²) in [5.41, 5.74) is 5.06. The Bertz CT molecular complexity index is 260. The SMILES string of the molecule is CN(CCC1CCCCN1C)C(=O)C(C)(C)N. The molecule has 1 saturated heterocycles. The highest BCUT2D eigenvalue weighted by molar-refractivity contribution is 5.84. The number of rotatable bonds is 4. The number of hydrogen-bond acceptors (Lipinski definition) is 3. The van der Waals surface area contributed by atoms with Crippen LogP contribution in [-0.2, 0) is 4.79 Å². The molecular formula is C13H27N3O. The van der Waals surface area contributed by atoms with Crippen LogP contribution in [0.1, 0.15) is 39.5 Å². The van der Waals surface area contributed by atoms with Gasteiger partial charge >= 0.3 is 0 Å². The lowest BCUT2D eigenvalue weighted by atomic mass is 9.99. The van der Waals surface area contributed by atoms with Crippen molar-refractivity contribution in [3.05, 3.63) is 0 Å². The van der Waals surface area contributed by atoms with Gasteiger partial charge < -0.3 is 15.5 Å². The monoisotopic (exact) mass is 241 g/mol. The topological polar surface area (TPSA) is 49.6 Å². The van der Waals surface area contributed by atoms with Crippen LogP contribution in [0.2, 0.25) is 0 Å². The molecule has 1 amide bonds. The highest BCUT2D eigenvalue weighted by Crippen LogP contribution is 2.18. The number of carbonyl (C=O) groups excluding carboxylic acids is 1. The van der Waals surface area contributed by atoms with E-state index >= 15 is 0 Å². The van der Waals surface area contributed by atoms with Crippen molar-refractivity contribution >= 4 is 5.91 Å². The third-order valence-corrected chi connectivity index (χ3v) is 3.62. The fourth-order valence-electron chi connectivity index (χ4n) is 2.44. The predicted molar refractivity (Wildman–Crippen MR) is 70.8 cm³/mol. The second kappa shape index (κ2) is 5.83. The van der Waals surface area contributed by atoms with E-state index in [0.29, 0.717) is 6.04 Å². The Morgan fingerprint density at radius 2 is 2.12 bits per heavy atom. The third kappa shape index (κ3) is 4.28. The molecule has 0 radical (unpaired) electrons. The van der Waals surface area contributed by atoms with Gasteiger partial charge in [-0.15, -0.1) is 0 Å². The maximum atomic E-state index is 11.9. The third-order valence-electron chi connectivity index (χ3n) is 3.62. The molecule has 0 bridgehead atoms. The Morgan fingerprint density at radius 1 is 1.47 bits per heavy atom. The van der Waals surface area contributed by atoms with Crippen molar-refractivity contribution in [2.45, 2.75) is 51.1 Å². The first kappa shape index (κ1) is 14.5. The summed E-state index contributed by atoms with van der Waals surface area (Å²) in [4.78, 5) is 16.1. The summed E-state index contributed by atoms with van der Waals surface area (Å²) in [6.07, 6.45) is 4.92. The maximum Gasteiger partial charge on any atom is 0.241 e. The molecular weight excluding hydrogens is 214 g/mol. The summed E-state index contributed by atoms with van der Waals surface area (Å²) in [5, 5.41) is 0. The van der Waals surface area contributed by atoms with Crippen LogP contribution in [0.15, 0.2) is 0 Å². The molecule has 0 spiro atoms. The summed E-state index contributed by atoms with van der Waals surface area (Å²) in [7, 11) is 4.03. The van der Waals surface area contributed by atoms with Gasteiger partial charge in [-0.1, -0.05) is 6.42 Å². The lowest BCUT2D eigenvalue weighted by molar-refractivity contribution is -0.134. The summed E-state index contributed by atoms with van der Waals surface area (Å²) in [6, 6.07) is 0.625. The van der Waals surface area contributed by atoms with Crippen LogP contribution in [0.3, 0.4) is 0 Å². The van der Waals surface area contributed by atoms with Gasteiger partial charge in [0, 0.05) is 19.6 Å². The number of hydrogen-bond donors (Lipinski definition) is 1. The van der Waals surface area contributed by atoms with E-state index < -0.39 is 5.54 Å². The quantitative estimate of drug-likeness (QED) is 0.800. The van der Waals surface area contributed by atoms with Crippen molar-refractivity contribution in [3.8, 4) is 0 Å². The molecule has 4 heteroatoms. The van der Waals surface area contributed by atoms with E-state index in [9.17, 15) is 4.79 Å². The number of likely N-dealkylation sites (tertiary alicyclic amines) is 1. The zero-order valence-electron chi connectivity index (χ0n) is 11.7. The highest BCUT2D eigenvalue weighted by atomic mass is 16.2. The van der Waals surface area contributed by atoms with E-state index in [2.05, 4.69) is 11.9 Å². The lowest BCUT2D eigenvalue weighted by Crippen LogP contribution is -2.50. The van der Waals surface area contributed by atoms with Gasteiger partial charge in [-0.05, 0) is 46.7 Å². The van der Waals surface area contributed by atoms with Gasteiger partial charge in [-0.2, -0.15) is 0 Å². The summed E-state index contributed by atoms with van der Waals surface area (Å²) < 4.78 is 0. The van der Waals surface area contributed by atoms with Crippen LogP contribution in [0.4, 0.5) is 0 Å². The second-order valence-corrected chi connectivity index (χ2v) is 5.87. The van der Waals surface area contributed by atoms with Gasteiger partial charge in [0.1, 0.15) is 0 Å². The van der Waals surface area contributed by atoms with E-state index in [-0.39, 0.29) is 5.91 Å². The van der Waals surface area contributed by atoms with Crippen LogP contribution in [0.5, 0.6) is 0 Å². The minimum absolute atomic E-state index is 0.0240. The fourth-order valence-corrected chi connectivity index (χ4v) is 2.44. The van der Waals surface area contributed by atoms with Crippen LogP contribution >= 0.6 is 0 Å². The molecule has 1 aliphatic heterocycles. The van der Waals surface area contributed by atoms with Crippen molar-refractivity contribution in [1.82, 2.24) is 9.80 Å². The molecule has 17 heavy (non-hydrogen) atoms. The largest absolute Gasteiger partial charge is 0.344 e. The van der Waals surface area contributed by atoms with E-state index in [4.69, 9.17) is 5.73 Å². The average molecular weight is 241 g/mol. The number of carbonyl (C=O) groups is 1. The van der Waals surface area contributed by atoms with Crippen molar-refractivity contribution in [2.75, 3.05) is 27.2 Å². The van der Waals surface area contributed by atoms with Gasteiger partial charge in [0.25, 0.3) is 0 Å². The molecule has 100 valence electrons. The number of nitrogens with zero attached hydrogens (tertiary/aromatic N) is 2. The minimum atomic E-state index is -0.757. The van der Waals surface area contributed by atoms with Crippen LogP contribution in [0.25, 0.3) is 0 Å². The molecule has 0 aromatic heterocycles. The first-order valence-corrected chi connectivity index (χ1v) is 6.57. The van der Waals surface area contributed by atoms with Gasteiger partial charge in [-0.25, -0.2) is 0 Å². The molecule has 4 nitrogen and oxygen atoms in total. The minimum Gasteiger partial charge on any atom is -0.344 e. The average Bonchev–Trinajstić information content (AvgIpc) is 2.25. The normalized spacial score (nSPS) is 22.5. The molecule has 0 saturated carbocycles. The van der Waals surface area contributed by atoms with Gasteiger partial charge in [-0.3, -0.25) is 4.79 Å². The van der Waals surface area contributed by atoms with E-state index in [1.807, 2.05) is 7.05 Å². The number of likely N-dealkylation sites (N-methyl/N-ethyl adjacent to an activating group) is 1. The van der Waals surface area contributed by atoms with Crippen LogP contribution < -0.4 is 5.73 Å². The first-order chi connectivity index (χ1) is 7.82. The van der Waals surface area contributed by atoms with E-state index in [1.165, 1.54) is 25.8 Å². The molecule has 2 N–H and O–H groups in total. The van der Waals surface area contributed by atoms with Gasteiger partial charge in [0.05, 0.1) is 5.54 Å². The fraction of sp³-hybridized carbons (Fsp3) is 0.923. The zero-order chi connectivity index (χ0) is 13.1. The number of nitrogens with two attached hydrogens (primary N) is 1. The highest BCUT2D eigenvalue weighted by Gasteiger charge is 2.26. The molecule has 0 aliphatic carbocycles. The molecule has 0 aromatic rings. The Hall–Kier alpha value is -0.610. The second-order valence-electron chi connectivity index (χ2n) is 5.87. The molecule has 1 atom stereocenters. The Kier molecular flexibility index (Phi) is 4.95. The number of amides is 1. The molecule has 1 fully saturated rings. The smallest absolute Gasteiger partial charge is 0.241 e. The van der Waals surface area contributed by atoms with Crippen LogP contribution in [-0.4, -0.2) is 54.5 Å². The molecule has 0 aromatic carbocycles.